The Bertz CT molecular complexity index is 783. The van der Waals surface area contributed by atoms with E-state index in [9.17, 15) is 22.0 Å². The third kappa shape index (κ3) is 4.77. The zero-order valence-corrected chi connectivity index (χ0v) is 14.9. The number of hydrogen-bond acceptors (Lipinski definition) is 2. The van der Waals surface area contributed by atoms with Crippen molar-refractivity contribution in [1.29, 1.82) is 0 Å². The van der Waals surface area contributed by atoms with Crippen LogP contribution in [0.3, 0.4) is 0 Å². The van der Waals surface area contributed by atoms with E-state index < -0.39 is 23.4 Å². The van der Waals surface area contributed by atoms with Crippen molar-refractivity contribution in [2.75, 3.05) is 25.5 Å². The molecule has 1 N–H and O–H groups in total. The largest absolute Gasteiger partial charge is 0.416 e. The summed E-state index contributed by atoms with van der Waals surface area (Å²) in [5.74, 6) is -1.66. The fourth-order valence-corrected chi connectivity index (χ4v) is 3.54. The molecule has 0 aromatic heterocycles. The smallest absolute Gasteiger partial charge is 0.384 e. The highest BCUT2D eigenvalue weighted by molar-refractivity contribution is 5.78. The molecule has 7 heteroatoms. The van der Waals surface area contributed by atoms with Crippen molar-refractivity contribution < 1.29 is 22.0 Å². The first-order valence-corrected chi connectivity index (χ1v) is 8.86. The molecule has 146 valence electrons. The normalized spacial score (nSPS) is 18.1. The Morgan fingerprint density at radius 1 is 1.07 bits per heavy atom. The summed E-state index contributed by atoms with van der Waals surface area (Å²) in [7, 11) is 2.05. The lowest BCUT2D eigenvalue weighted by atomic mass is 10.00. The molecule has 1 aliphatic rings. The molecule has 1 unspecified atom stereocenters. The van der Waals surface area contributed by atoms with Crippen LogP contribution in [0.2, 0.25) is 0 Å². The molecule has 0 saturated carbocycles. The molecule has 0 spiro atoms. The van der Waals surface area contributed by atoms with E-state index in [4.69, 9.17) is 0 Å². The predicted molar refractivity (Wildman–Crippen MR) is 95.6 cm³/mol. The highest BCUT2D eigenvalue weighted by Gasteiger charge is 2.31. The highest BCUT2D eigenvalue weighted by Crippen LogP contribution is 2.36. The van der Waals surface area contributed by atoms with Crippen molar-refractivity contribution in [1.82, 2.24) is 4.90 Å². The summed E-state index contributed by atoms with van der Waals surface area (Å²) < 4.78 is 66.5. The van der Waals surface area contributed by atoms with Gasteiger partial charge in [0.25, 0.3) is 0 Å². The van der Waals surface area contributed by atoms with Crippen molar-refractivity contribution in [2.45, 2.75) is 31.5 Å². The maximum absolute atomic E-state index is 13.6. The molecular formula is C20H21F5N2. The molecule has 1 fully saturated rings. The van der Waals surface area contributed by atoms with E-state index in [1.165, 1.54) is 6.07 Å². The van der Waals surface area contributed by atoms with Crippen LogP contribution < -0.4 is 5.32 Å². The first-order chi connectivity index (χ1) is 12.7. The van der Waals surface area contributed by atoms with Crippen LogP contribution in [0.5, 0.6) is 0 Å². The topological polar surface area (TPSA) is 15.3 Å². The maximum Gasteiger partial charge on any atom is 0.416 e. The molecule has 2 aromatic rings. The quantitative estimate of drug-likeness (QED) is 0.681. The van der Waals surface area contributed by atoms with Gasteiger partial charge in [0, 0.05) is 29.9 Å². The second kappa shape index (κ2) is 7.84. The molecule has 3 rings (SSSR count). The Kier molecular flexibility index (Phi) is 5.69. The van der Waals surface area contributed by atoms with Gasteiger partial charge in [0.1, 0.15) is 11.6 Å². The molecule has 1 aliphatic heterocycles. The Morgan fingerprint density at radius 3 is 2.37 bits per heavy atom. The number of nitrogens with one attached hydrogen (secondary N) is 1. The average molecular weight is 384 g/mol. The van der Waals surface area contributed by atoms with Crippen LogP contribution in [-0.4, -0.2) is 31.1 Å². The SMILES string of the molecule is CN1CCCC1CCNc1ccc(C(F)(F)F)cc1-c1cc(F)cc(F)c1. The maximum atomic E-state index is 13.6. The third-order valence-electron chi connectivity index (χ3n) is 4.98. The molecule has 0 bridgehead atoms. The van der Waals surface area contributed by atoms with Gasteiger partial charge in [-0.3, -0.25) is 0 Å². The van der Waals surface area contributed by atoms with E-state index in [1.54, 1.807) is 0 Å². The Hall–Kier alpha value is -2.15. The minimum atomic E-state index is -4.54. The lowest BCUT2D eigenvalue weighted by molar-refractivity contribution is -0.137. The second-order valence-electron chi connectivity index (χ2n) is 6.91. The molecule has 2 nitrogen and oxygen atoms in total. The molecule has 0 radical (unpaired) electrons. The van der Waals surface area contributed by atoms with Gasteiger partial charge in [0.15, 0.2) is 0 Å². The highest BCUT2D eigenvalue weighted by atomic mass is 19.4. The predicted octanol–water partition coefficient (Wildman–Crippen LogP) is 5.55. The monoisotopic (exact) mass is 384 g/mol. The number of hydrogen-bond donors (Lipinski definition) is 1. The summed E-state index contributed by atoms with van der Waals surface area (Å²) in [5.41, 5.74) is -0.237. The molecule has 0 amide bonds. The molecule has 27 heavy (non-hydrogen) atoms. The molecule has 0 aliphatic carbocycles. The van der Waals surface area contributed by atoms with Gasteiger partial charge in [-0.25, -0.2) is 8.78 Å². The number of rotatable bonds is 5. The summed E-state index contributed by atoms with van der Waals surface area (Å²) in [5, 5.41) is 3.14. The first kappa shape index (κ1) is 19.6. The molecule has 1 atom stereocenters. The summed E-state index contributed by atoms with van der Waals surface area (Å²) in [6.45, 7) is 1.60. The lowest BCUT2D eigenvalue weighted by Gasteiger charge is -2.21. The number of nitrogens with zero attached hydrogens (tertiary/aromatic N) is 1. The average Bonchev–Trinajstić information content (AvgIpc) is 2.98. The number of anilines is 1. The van der Waals surface area contributed by atoms with E-state index in [2.05, 4.69) is 17.3 Å². The zero-order chi connectivity index (χ0) is 19.6. The van der Waals surface area contributed by atoms with Crippen molar-refractivity contribution in [3.63, 3.8) is 0 Å². The van der Waals surface area contributed by atoms with Crippen molar-refractivity contribution in [3.05, 3.63) is 53.6 Å². The second-order valence-corrected chi connectivity index (χ2v) is 6.91. The molecule has 2 aromatic carbocycles. The van der Waals surface area contributed by atoms with Gasteiger partial charge in [-0.05, 0) is 68.8 Å². The van der Waals surface area contributed by atoms with Gasteiger partial charge in [0.05, 0.1) is 5.56 Å². The van der Waals surface area contributed by atoms with Crippen LogP contribution in [-0.2, 0) is 6.18 Å². The number of halogens is 5. The van der Waals surface area contributed by atoms with Gasteiger partial charge in [-0.1, -0.05) is 0 Å². The van der Waals surface area contributed by atoms with Gasteiger partial charge >= 0.3 is 6.18 Å². The van der Waals surface area contributed by atoms with Crippen LogP contribution in [0.25, 0.3) is 11.1 Å². The summed E-state index contributed by atoms with van der Waals surface area (Å²) in [6, 6.07) is 6.42. The van der Waals surface area contributed by atoms with E-state index >= 15 is 0 Å². The van der Waals surface area contributed by atoms with Crippen LogP contribution in [0.1, 0.15) is 24.8 Å². The zero-order valence-electron chi connectivity index (χ0n) is 14.9. The standard InChI is InChI=1S/C20H21F5N2/c1-27-8-2-3-17(27)6-7-26-19-5-4-14(20(23,24)25)11-18(19)13-9-15(21)12-16(22)10-13/h4-5,9-12,17,26H,2-3,6-8H2,1H3. The van der Waals surface area contributed by atoms with E-state index in [-0.39, 0.29) is 11.1 Å². The van der Waals surface area contributed by atoms with Gasteiger partial charge < -0.3 is 10.2 Å². The summed E-state index contributed by atoms with van der Waals surface area (Å²) in [4.78, 5) is 2.26. The third-order valence-corrected chi connectivity index (χ3v) is 4.98. The van der Waals surface area contributed by atoms with Crippen molar-refractivity contribution in [3.8, 4) is 11.1 Å². The van der Waals surface area contributed by atoms with Crippen LogP contribution in [0.15, 0.2) is 36.4 Å². The van der Waals surface area contributed by atoms with E-state index in [1.807, 2.05) is 0 Å². The summed E-state index contributed by atoms with van der Waals surface area (Å²) >= 11 is 0. The van der Waals surface area contributed by atoms with Crippen LogP contribution in [0, 0.1) is 11.6 Å². The Balaban J connectivity index is 1.87. The number of benzene rings is 2. The van der Waals surface area contributed by atoms with Crippen molar-refractivity contribution >= 4 is 5.69 Å². The fraction of sp³-hybridized carbons (Fsp3) is 0.400. The Morgan fingerprint density at radius 2 is 1.78 bits per heavy atom. The molecule has 1 heterocycles. The van der Waals surface area contributed by atoms with Gasteiger partial charge in [-0.2, -0.15) is 13.2 Å². The minimum Gasteiger partial charge on any atom is -0.384 e. The Labute approximate surface area is 155 Å². The lowest BCUT2D eigenvalue weighted by Crippen LogP contribution is -2.27. The first-order valence-electron chi connectivity index (χ1n) is 8.86. The molecular weight excluding hydrogens is 363 g/mol. The summed E-state index contributed by atoms with van der Waals surface area (Å²) in [6.07, 6.45) is -1.47. The minimum absolute atomic E-state index is 0.0686. The number of alkyl halides is 3. The molecule has 1 saturated heterocycles. The van der Waals surface area contributed by atoms with Crippen LogP contribution in [0.4, 0.5) is 27.6 Å². The number of likely N-dealkylation sites (tertiary alicyclic amines) is 1. The van der Waals surface area contributed by atoms with Crippen molar-refractivity contribution in [2.24, 2.45) is 0 Å². The van der Waals surface area contributed by atoms with Gasteiger partial charge in [0.2, 0.25) is 0 Å². The fourth-order valence-electron chi connectivity index (χ4n) is 3.54. The van der Waals surface area contributed by atoms with Crippen LogP contribution >= 0.6 is 0 Å². The van der Waals surface area contributed by atoms with E-state index in [0.717, 1.165) is 50.1 Å². The van der Waals surface area contributed by atoms with E-state index in [0.29, 0.717) is 24.3 Å². The van der Waals surface area contributed by atoms with Gasteiger partial charge in [-0.15, -0.1) is 0 Å².